The van der Waals surface area contributed by atoms with Gasteiger partial charge in [-0.25, -0.2) is 4.79 Å². The van der Waals surface area contributed by atoms with Crippen molar-refractivity contribution in [2.24, 2.45) is 0 Å². The van der Waals surface area contributed by atoms with Gasteiger partial charge in [-0.15, -0.1) is 0 Å². The van der Waals surface area contributed by atoms with Crippen molar-refractivity contribution in [2.75, 3.05) is 13.1 Å². The average Bonchev–Trinajstić information content (AvgIpc) is 2.91. The Balaban J connectivity index is 1.91. The quantitative estimate of drug-likeness (QED) is 0.753. The average molecular weight is 319 g/mol. The topological polar surface area (TPSA) is 64.6 Å². The number of nitrogens with zero attached hydrogens (tertiary/aromatic N) is 1. The van der Waals surface area contributed by atoms with Crippen LogP contribution in [0, 0.1) is 0 Å². The van der Waals surface area contributed by atoms with Crippen LogP contribution in [0.1, 0.15) is 44.7 Å². The van der Waals surface area contributed by atoms with Gasteiger partial charge in [0.15, 0.2) is 0 Å². The smallest absolute Gasteiger partial charge is 0.315 e. The van der Waals surface area contributed by atoms with Gasteiger partial charge in [-0.1, -0.05) is 31.2 Å². The molecule has 1 aromatic carbocycles. The van der Waals surface area contributed by atoms with Crippen LogP contribution in [-0.4, -0.2) is 40.8 Å². The molecular formula is C18H29N3O2. The van der Waals surface area contributed by atoms with Gasteiger partial charge in [-0.05, 0) is 37.8 Å². The number of β-amino-alcohol motifs (C(OH)–C–C–N with tert-alkyl or cyclic N) is 1. The summed E-state index contributed by atoms with van der Waals surface area (Å²) in [4.78, 5) is 14.3. The lowest BCUT2D eigenvalue weighted by atomic mass is 10.0. The van der Waals surface area contributed by atoms with Crippen LogP contribution in [0.15, 0.2) is 24.3 Å². The Morgan fingerprint density at radius 3 is 2.65 bits per heavy atom. The number of nitrogens with one attached hydrogen (secondary N) is 2. The summed E-state index contributed by atoms with van der Waals surface area (Å²) >= 11 is 0. The molecule has 1 saturated heterocycles. The number of aliphatic hydroxyl groups is 1. The van der Waals surface area contributed by atoms with Crippen molar-refractivity contribution in [2.45, 2.75) is 58.3 Å². The molecule has 0 unspecified atom stereocenters. The van der Waals surface area contributed by atoms with E-state index in [2.05, 4.69) is 28.5 Å². The maximum Gasteiger partial charge on any atom is 0.315 e. The number of rotatable bonds is 6. The lowest BCUT2D eigenvalue weighted by molar-refractivity contribution is 0.174. The summed E-state index contributed by atoms with van der Waals surface area (Å²) < 4.78 is 0. The van der Waals surface area contributed by atoms with Crippen molar-refractivity contribution in [3.05, 3.63) is 35.4 Å². The zero-order valence-electron chi connectivity index (χ0n) is 14.4. The number of carbonyl (C=O) groups is 1. The number of aliphatic hydroxyl groups excluding tert-OH is 1. The lowest BCUT2D eigenvalue weighted by Crippen LogP contribution is -2.47. The maximum atomic E-state index is 12.0. The highest BCUT2D eigenvalue weighted by atomic mass is 16.3. The molecular weight excluding hydrogens is 290 g/mol. The van der Waals surface area contributed by atoms with Crippen LogP contribution in [0.3, 0.4) is 0 Å². The molecule has 5 nitrogen and oxygen atoms in total. The van der Waals surface area contributed by atoms with Gasteiger partial charge in [0.2, 0.25) is 0 Å². The van der Waals surface area contributed by atoms with Gasteiger partial charge in [0.1, 0.15) is 0 Å². The van der Waals surface area contributed by atoms with Gasteiger partial charge in [0.05, 0.1) is 6.10 Å². The van der Waals surface area contributed by atoms with Crippen molar-refractivity contribution in [1.82, 2.24) is 15.5 Å². The molecule has 0 bridgehead atoms. The molecule has 3 N–H and O–H groups in total. The largest absolute Gasteiger partial charge is 0.392 e. The molecule has 2 amide bonds. The minimum absolute atomic E-state index is 0.136. The Kier molecular flexibility index (Phi) is 6.02. The molecule has 23 heavy (non-hydrogen) atoms. The summed E-state index contributed by atoms with van der Waals surface area (Å²) in [5.74, 6) is 0. The minimum atomic E-state index is -0.206. The Bertz CT molecular complexity index is 531. The van der Waals surface area contributed by atoms with Crippen molar-refractivity contribution in [3.63, 3.8) is 0 Å². The van der Waals surface area contributed by atoms with E-state index in [1.165, 1.54) is 5.56 Å². The highest BCUT2D eigenvalue weighted by Crippen LogP contribution is 2.16. The highest BCUT2D eigenvalue weighted by molar-refractivity contribution is 5.74. The van der Waals surface area contributed by atoms with Gasteiger partial charge in [0.25, 0.3) is 0 Å². The monoisotopic (exact) mass is 319 g/mol. The van der Waals surface area contributed by atoms with E-state index >= 15 is 0 Å². The first-order chi connectivity index (χ1) is 10.9. The molecule has 0 spiro atoms. The third-order valence-corrected chi connectivity index (χ3v) is 4.54. The summed E-state index contributed by atoms with van der Waals surface area (Å²) in [6, 6.07) is 8.02. The van der Waals surface area contributed by atoms with E-state index in [1.807, 2.05) is 32.0 Å². The van der Waals surface area contributed by atoms with Crippen LogP contribution in [0.25, 0.3) is 0 Å². The third kappa shape index (κ3) is 5.52. The fourth-order valence-corrected chi connectivity index (χ4v) is 2.70. The summed E-state index contributed by atoms with van der Waals surface area (Å²) in [7, 11) is 0. The second kappa shape index (κ2) is 7.79. The fraction of sp³-hybridized carbons (Fsp3) is 0.611. The molecule has 2 rings (SSSR count). The molecule has 128 valence electrons. The molecule has 1 aromatic rings. The van der Waals surface area contributed by atoms with Gasteiger partial charge in [0, 0.05) is 31.7 Å². The minimum Gasteiger partial charge on any atom is -0.392 e. The van der Waals surface area contributed by atoms with Crippen molar-refractivity contribution in [3.8, 4) is 0 Å². The summed E-state index contributed by atoms with van der Waals surface area (Å²) in [5.41, 5.74) is 2.13. The maximum absolute atomic E-state index is 12.0. The van der Waals surface area contributed by atoms with Gasteiger partial charge in [-0.3, -0.25) is 4.90 Å². The molecule has 1 aliphatic heterocycles. The number of urea groups is 1. The first kappa shape index (κ1) is 17.8. The van der Waals surface area contributed by atoms with E-state index in [9.17, 15) is 9.90 Å². The van der Waals surface area contributed by atoms with Crippen LogP contribution in [0.5, 0.6) is 0 Å². The van der Waals surface area contributed by atoms with Gasteiger partial charge < -0.3 is 15.7 Å². The van der Waals surface area contributed by atoms with Crippen LogP contribution in [-0.2, 0) is 13.1 Å². The summed E-state index contributed by atoms with van der Waals surface area (Å²) in [6.07, 6.45) is 1.52. The summed E-state index contributed by atoms with van der Waals surface area (Å²) in [5, 5.41) is 15.6. The lowest BCUT2D eigenvalue weighted by Gasteiger charge is -2.25. The number of amides is 2. The molecule has 0 aromatic heterocycles. The highest BCUT2D eigenvalue weighted by Gasteiger charge is 2.21. The van der Waals surface area contributed by atoms with Crippen LogP contribution in [0.2, 0.25) is 0 Å². The standard InChI is InChI=1S/C18H29N3O2/c1-4-18(2,3)20-17(23)19-11-14-7-5-6-8-15(14)12-21-10-9-16(22)13-21/h5-8,16,22H,4,9-13H2,1-3H3,(H2,19,20,23)/t16-/m0/s1. The molecule has 5 heteroatoms. The van der Waals surface area contributed by atoms with Crippen molar-refractivity contribution >= 4 is 6.03 Å². The number of hydrogen-bond acceptors (Lipinski definition) is 3. The molecule has 0 saturated carbocycles. The Hall–Kier alpha value is -1.59. The normalized spacial score (nSPS) is 18.9. The van der Waals surface area contributed by atoms with E-state index in [0.717, 1.165) is 38.0 Å². The molecule has 1 fully saturated rings. The van der Waals surface area contributed by atoms with E-state index in [-0.39, 0.29) is 17.7 Å². The predicted octanol–water partition coefficient (Wildman–Crippen LogP) is 2.24. The number of benzene rings is 1. The molecule has 0 aliphatic carbocycles. The fourth-order valence-electron chi connectivity index (χ4n) is 2.70. The number of likely N-dealkylation sites (tertiary alicyclic amines) is 1. The van der Waals surface area contributed by atoms with E-state index in [4.69, 9.17) is 0 Å². The molecule has 1 aliphatic rings. The van der Waals surface area contributed by atoms with E-state index in [1.54, 1.807) is 0 Å². The predicted molar refractivity (Wildman–Crippen MR) is 92.1 cm³/mol. The zero-order chi connectivity index (χ0) is 16.9. The van der Waals surface area contributed by atoms with E-state index < -0.39 is 0 Å². The van der Waals surface area contributed by atoms with Crippen LogP contribution >= 0.6 is 0 Å². The Labute approximate surface area is 139 Å². The molecule has 1 heterocycles. The van der Waals surface area contributed by atoms with Crippen LogP contribution < -0.4 is 10.6 Å². The number of hydrogen-bond donors (Lipinski definition) is 3. The first-order valence-corrected chi connectivity index (χ1v) is 8.43. The van der Waals surface area contributed by atoms with E-state index in [0.29, 0.717) is 6.54 Å². The zero-order valence-corrected chi connectivity index (χ0v) is 14.4. The second-order valence-corrected chi connectivity index (χ2v) is 6.99. The van der Waals surface area contributed by atoms with Gasteiger partial charge >= 0.3 is 6.03 Å². The second-order valence-electron chi connectivity index (χ2n) is 6.99. The first-order valence-electron chi connectivity index (χ1n) is 8.43. The van der Waals surface area contributed by atoms with Crippen LogP contribution in [0.4, 0.5) is 4.79 Å². The molecule has 1 atom stereocenters. The van der Waals surface area contributed by atoms with Crippen molar-refractivity contribution in [1.29, 1.82) is 0 Å². The Morgan fingerprint density at radius 1 is 1.35 bits per heavy atom. The number of carbonyl (C=O) groups excluding carboxylic acids is 1. The van der Waals surface area contributed by atoms with Gasteiger partial charge in [-0.2, -0.15) is 0 Å². The van der Waals surface area contributed by atoms with Crippen molar-refractivity contribution < 1.29 is 9.90 Å². The SMILES string of the molecule is CCC(C)(C)NC(=O)NCc1ccccc1CN1CC[C@H](O)C1. The third-order valence-electron chi connectivity index (χ3n) is 4.54. The summed E-state index contributed by atoms with van der Waals surface area (Å²) in [6.45, 7) is 9.06. The Morgan fingerprint density at radius 2 is 2.04 bits per heavy atom. The molecule has 0 radical (unpaired) electrons.